The predicted octanol–water partition coefficient (Wildman–Crippen LogP) is 2.57. The minimum absolute atomic E-state index is 0.0588. The van der Waals surface area contributed by atoms with Crippen LogP contribution in [-0.2, 0) is 4.79 Å². The molecule has 2 fully saturated rings. The summed E-state index contributed by atoms with van der Waals surface area (Å²) in [5.41, 5.74) is 5.61. The second-order valence-corrected chi connectivity index (χ2v) is 6.66. The van der Waals surface area contributed by atoms with Gasteiger partial charge in [-0.05, 0) is 30.9 Å². The summed E-state index contributed by atoms with van der Waals surface area (Å²) < 4.78 is 6.03. The first-order chi connectivity index (χ1) is 10.7. The lowest BCUT2D eigenvalue weighted by Crippen LogP contribution is -2.42. The molecule has 22 heavy (non-hydrogen) atoms. The van der Waals surface area contributed by atoms with E-state index < -0.39 is 0 Å². The fourth-order valence-corrected chi connectivity index (χ4v) is 3.84. The molecule has 0 bridgehead atoms. The number of benzene rings is 1. The zero-order valence-corrected chi connectivity index (χ0v) is 13.1. The maximum atomic E-state index is 11.8. The molecule has 0 radical (unpaired) electrons. The molecule has 1 aliphatic carbocycles. The SMILES string of the molecule is NC(=O)C1CC(Oc2ccccc2)CN1CC1CCCCC1. The molecule has 1 aromatic carbocycles. The molecule has 2 N–H and O–H groups in total. The molecule has 4 heteroatoms. The van der Waals surface area contributed by atoms with E-state index in [4.69, 9.17) is 10.5 Å². The van der Waals surface area contributed by atoms with Crippen LogP contribution in [0.4, 0.5) is 0 Å². The highest BCUT2D eigenvalue weighted by Crippen LogP contribution is 2.29. The van der Waals surface area contributed by atoms with Gasteiger partial charge in [0.1, 0.15) is 11.9 Å². The minimum atomic E-state index is -0.213. The molecule has 3 rings (SSSR count). The number of para-hydroxylation sites is 1. The Hall–Kier alpha value is -1.55. The zero-order chi connectivity index (χ0) is 15.4. The van der Waals surface area contributed by atoms with Crippen molar-refractivity contribution >= 4 is 5.91 Å². The highest BCUT2D eigenvalue weighted by atomic mass is 16.5. The van der Waals surface area contributed by atoms with Gasteiger partial charge in [0.25, 0.3) is 0 Å². The topological polar surface area (TPSA) is 55.6 Å². The summed E-state index contributed by atoms with van der Waals surface area (Å²) in [6.07, 6.45) is 7.33. The maximum Gasteiger partial charge on any atom is 0.234 e. The van der Waals surface area contributed by atoms with E-state index in [1.807, 2.05) is 30.3 Å². The molecule has 1 saturated carbocycles. The number of likely N-dealkylation sites (tertiary alicyclic amines) is 1. The van der Waals surface area contributed by atoms with Crippen LogP contribution < -0.4 is 10.5 Å². The van der Waals surface area contributed by atoms with E-state index in [-0.39, 0.29) is 18.1 Å². The van der Waals surface area contributed by atoms with E-state index in [9.17, 15) is 4.79 Å². The number of rotatable bonds is 5. The van der Waals surface area contributed by atoms with Gasteiger partial charge in [-0.15, -0.1) is 0 Å². The Balaban J connectivity index is 1.60. The monoisotopic (exact) mass is 302 g/mol. The molecule has 1 amide bonds. The highest BCUT2D eigenvalue weighted by Gasteiger charge is 2.37. The third-order valence-corrected chi connectivity index (χ3v) is 4.96. The average molecular weight is 302 g/mol. The van der Waals surface area contributed by atoms with Gasteiger partial charge in [-0.3, -0.25) is 9.69 Å². The van der Waals surface area contributed by atoms with E-state index in [1.54, 1.807) is 0 Å². The summed E-state index contributed by atoms with van der Waals surface area (Å²) in [6.45, 7) is 1.79. The molecule has 2 atom stereocenters. The Kier molecular flexibility index (Phi) is 4.98. The van der Waals surface area contributed by atoms with Crippen LogP contribution in [0, 0.1) is 5.92 Å². The van der Waals surface area contributed by atoms with E-state index >= 15 is 0 Å². The number of hydrogen-bond acceptors (Lipinski definition) is 3. The van der Waals surface area contributed by atoms with Gasteiger partial charge in [0.15, 0.2) is 0 Å². The Labute approximate surface area is 132 Å². The van der Waals surface area contributed by atoms with Crippen LogP contribution in [0.1, 0.15) is 38.5 Å². The Bertz CT molecular complexity index is 485. The Morgan fingerprint density at radius 1 is 1.18 bits per heavy atom. The van der Waals surface area contributed by atoms with Crippen molar-refractivity contribution in [1.29, 1.82) is 0 Å². The third-order valence-electron chi connectivity index (χ3n) is 4.96. The van der Waals surface area contributed by atoms with Crippen LogP contribution in [-0.4, -0.2) is 36.0 Å². The quantitative estimate of drug-likeness (QED) is 0.909. The number of amides is 1. The van der Waals surface area contributed by atoms with Gasteiger partial charge in [-0.1, -0.05) is 37.5 Å². The summed E-state index contributed by atoms with van der Waals surface area (Å²) in [4.78, 5) is 14.0. The first-order valence-electron chi connectivity index (χ1n) is 8.47. The molecule has 2 unspecified atom stereocenters. The smallest absolute Gasteiger partial charge is 0.234 e. The highest BCUT2D eigenvalue weighted by molar-refractivity contribution is 5.80. The molecule has 1 aromatic rings. The van der Waals surface area contributed by atoms with Crippen LogP contribution in [0.3, 0.4) is 0 Å². The fourth-order valence-electron chi connectivity index (χ4n) is 3.84. The summed E-state index contributed by atoms with van der Waals surface area (Å²) >= 11 is 0. The van der Waals surface area contributed by atoms with Gasteiger partial charge in [-0.2, -0.15) is 0 Å². The summed E-state index contributed by atoms with van der Waals surface area (Å²) in [7, 11) is 0. The molecule has 2 aliphatic rings. The number of nitrogens with zero attached hydrogens (tertiary/aromatic N) is 1. The second-order valence-electron chi connectivity index (χ2n) is 6.66. The number of nitrogens with two attached hydrogens (primary N) is 1. The van der Waals surface area contributed by atoms with Crippen molar-refractivity contribution < 1.29 is 9.53 Å². The lowest BCUT2D eigenvalue weighted by Gasteiger charge is -2.29. The summed E-state index contributed by atoms with van der Waals surface area (Å²) in [5, 5.41) is 0. The molecular formula is C18H26N2O2. The van der Waals surface area contributed by atoms with Crippen molar-refractivity contribution in [3.63, 3.8) is 0 Å². The van der Waals surface area contributed by atoms with Crippen LogP contribution in [0.15, 0.2) is 30.3 Å². The van der Waals surface area contributed by atoms with Gasteiger partial charge >= 0.3 is 0 Å². The van der Waals surface area contributed by atoms with E-state index in [0.717, 1.165) is 18.8 Å². The lowest BCUT2D eigenvalue weighted by molar-refractivity contribution is -0.122. The number of carbonyl (C=O) groups excluding carboxylic acids is 1. The molecule has 1 heterocycles. The van der Waals surface area contributed by atoms with Gasteiger partial charge in [0.05, 0.1) is 6.04 Å². The van der Waals surface area contributed by atoms with Gasteiger partial charge in [0, 0.05) is 19.5 Å². The van der Waals surface area contributed by atoms with Crippen molar-refractivity contribution in [2.45, 2.75) is 50.7 Å². The van der Waals surface area contributed by atoms with Crippen LogP contribution in [0.25, 0.3) is 0 Å². The van der Waals surface area contributed by atoms with Gasteiger partial charge in [0.2, 0.25) is 5.91 Å². The Morgan fingerprint density at radius 3 is 2.59 bits per heavy atom. The van der Waals surface area contributed by atoms with Gasteiger partial charge < -0.3 is 10.5 Å². The summed E-state index contributed by atoms with van der Waals surface area (Å²) in [6, 6.07) is 9.66. The number of ether oxygens (including phenoxy) is 1. The van der Waals surface area contributed by atoms with Crippen LogP contribution >= 0.6 is 0 Å². The van der Waals surface area contributed by atoms with Crippen molar-refractivity contribution in [3.8, 4) is 5.75 Å². The largest absolute Gasteiger partial charge is 0.489 e. The molecule has 120 valence electrons. The number of hydrogen-bond donors (Lipinski definition) is 1. The van der Waals surface area contributed by atoms with Crippen LogP contribution in [0.2, 0.25) is 0 Å². The lowest BCUT2D eigenvalue weighted by atomic mass is 9.89. The second kappa shape index (κ2) is 7.14. The third kappa shape index (κ3) is 3.80. The first kappa shape index (κ1) is 15.3. The summed E-state index contributed by atoms with van der Waals surface area (Å²) in [5.74, 6) is 1.37. The van der Waals surface area contributed by atoms with Crippen molar-refractivity contribution in [1.82, 2.24) is 4.90 Å². The molecule has 1 saturated heterocycles. The average Bonchev–Trinajstić information content (AvgIpc) is 2.92. The normalized spacial score (nSPS) is 26.9. The first-order valence-corrected chi connectivity index (χ1v) is 8.47. The standard InChI is InChI=1S/C18H26N2O2/c19-18(21)17-11-16(22-15-9-5-2-6-10-15)13-20(17)12-14-7-3-1-4-8-14/h2,5-6,9-10,14,16-17H,1,3-4,7-8,11-13H2,(H2,19,21). The number of primary amides is 1. The minimum Gasteiger partial charge on any atom is -0.489 e. The maximum absolute atomic E-state index is 11.8. The van der Waals surface area contributed by atoms with E-state index in [2.05, 4.69) is 4.90 Å². The van der Waals surface area contributed by atoms with Crippen molar-refractivity contribution in [3.05, 3.63) is 30.3 Å². The number of carbonyl (C=O) groups is 1. The Morgan fingerprint density at radius 2 is 1.91 bits per heavy atom. The van der Waals surface area contributed by atoms with Gasteiger partial charge in [-0.25, -0.2) is 0 Å². The van der Waals surface area contributed by atoms with Crippen molar-refractivity contribution in [2.24, 2.45) is 11.7 Å². The van der Waals surface area contributed by atoms with Crippen molar-refractivity contribution in [2.75, 3.05) is 13.1 Å². The molecule has 4 nitrogen and oxygen atoms in total. The molecule has 0 aromatic heterocycles. The van der Waals surface area contributed by atoms with Crippen LogP contribution in [0.5, 0.6) is 5.75 Å². The molecular weight excluding hydrogens is 276 g/mol. The zero-order valence-electron chi connectivity index (χ0n) is 13.1. The van der Waals surface area contributed by atoms with E-state index in [0.29, 0.717) is 12.3 Å². The molecule has 1 aliphatic heterocycles. The molecule has 0 spiro atoms. The van der Waals surface area contributed by atoms with E-state index in [1.165, 1.54) is 32.1 Å². The predicted molar refractivity (Wildman–Crippen MR) is 86.6 cm³/mol. The fraction of sp³-hybridized carbons (Fsp3) is 0.611.